The SMILES string of the molecule is C=[N+]1C=CC(CC2CCCC2)=C[C-]1c1c(C)ccc2c3cccc(-c4ccccc4)c3[o+][c-]12. The Balaban J connectivity index is 1.51. The molecule has 2 heterocycles. The van der Waals surface area contributed by atoms with Gasteiger partial charge in [-0.3, -0.25) is 4.42 Å². The Labute approximate surface area is 195 Å². The Kier molecular flexibility index (Phi) is 4.95. The summed E-state index contributed by atoms with van der Waals surface area (Å²) in [6.45, 7) is 6.48. The molecule has 1 saturated carbocycles. The fourth-order valence-electron chi connectivity index (χ4n) is 5.59. The smallest absolute Gasteiger partial charge is 0.336 e. The molecular formula is C31H29NO. The van der Waals surface area contributed by atoms with Gasteiger partial charge in [-0.2, -0.15) is 0 Å². The van der Waals surface area contributed by atoms with Crippen molar-refractivity contribution in [3.05, 3.63) is 102 Å². The number of fused-ring (bicyclic) bond motifs is 3. The maximum absolute atomic E-state index is 6.69. The molecule has 2 heteroatoms. The van der Waals surface area contributed by atoms with Gasteiger partial charge in [0.1, 0.15) is 0 Å². The average Bonchev–Trinajstić information content (AvgIpc) is 3.48. The number of hydrogen-bond acceptors (Lipinski definition) is 0. The van der Waals surface area contributed by atoms with E-state index in [2.05, 4.69) is 92.7 Å². The Morgan fingerprint density at radius 3 is 2.64 bits per heavy atom. The van der Waals surface area contributed by atoms with Gasteiger partial charge in [-0.05, 0) is 29.2 Å². The van der Waals surface area contributed by atoms with Crippen LogP contribution in [0.25, 0.3) is 33.1 Å². The average molecular weight is 432 g/mol. The molecule has 0 saturated heterocycles. The van der Waals surface area contributed by atoms with Gasteiger partial charge in [-0.15, -0.1) is 29.4 Å². The first kappa shape index (κ1) is 20.1. The fourth-order valence-corrected chi connectivity index (χ4v) is 5.59. The summed E-state index contributed by atoms with van der Waals surface area (Å²) in [6.07, 6.45) is 13.3. The third-order valence-electron chi connectivity index (χ3n) is 7.32. The van der Waals surface area contributed by atoms with Crippen molar-refractivity contribution in [1.29, 1.82) is 0 Å². The van der Waals surface area contributed by atoms with E-state index in [1.165, 1.54) is 42.4 Å². The minimum atomic E-state index is 0.815. The Hall–Kier alpha value is -3.52. The van der Waals surface area contributed by atoms with Gasteiger partial charge in [0.15, 0.2) is 0 Å². The third-order valence-corrected chi connectivity index (χ3v) is 7.32. The second-order valence-corrected chi connectivity index (χ2v) is 9.53. The van der Waals surface area contributed by atoms with Crippen molar-refractivity contribution >= 4 is 28.7 Å². The lowest BCUT2D eigenvalue weighted by molar-refractivity contribution is -0.418. The first-order chi connectivity index (χ1) is 16.2. The molecule has 0 bridgehead atoms. The molecule has 2 aliphatic rings. The molecule has 1 fully saturated rings. The first-order valence-corrected chi connectivity index (χ1v) is 12.0. The van der Waals surface area contributed by atoms with Gasteiger partial charge in [0.05, 0.1) is 23.2 Å². The van der Waals surface area contributed by atoms with Crippen LogP contribution in [-0.4, -0.2) is 11.3 Å². The highest BCUT2D eigenvalue weighted by atomic mass is 16.3. The molecule has 0 spiro atoms. The second kappa shape index (κ2) is 8.12. The highest BCUT2D eigenvalue weighted by molar-refractivity contribution is 6.11. The molecule has 4 aromatic rings. The first-order valence-electron chi connectivity index (χ1n) is 12.0. The minimum absolute atomic E-state index is 0.815. The molecule has 0 amide bonds. The van der Waals surface area contributed by atoms with Crippen molar-refractivity contribution in [3.63, 3.8) is 0 Å². The zero-order chi connectivity index (χ0) is 22.4. The highest BCUT2D eigenvalue weighted by Gasteiger charge is 2.26. The molecule has 1 aliphatic heterocycles. The molecule has 164 valence electrons. The third kappa shape index (κ3) is 3.51. The van der Waals surface area contributed by atoms with E-state index in [0.717, 1.165) is 51.4 Å². The largest absolute Gasteiger partial charge is 0.352 e. The van der Waals surface area contributed by atoms with E-state index in [9.17, 15) is 0 Å². The molecule has 3 aromatic carbocycles. The zero-order valence-corrected chi connectivity index (χ0v) is 19.2. The number of rotatable bonds is 4. The molecule has 0 radical (unpaired) electrons. The van der Waals surface area contributed by atoms with E-state index in [1.54, 1.807) is 0 Å². The van der Waals surface area contributed by atoms with Crippen molar-refractivity contribution in [2.45, 2.75) is 39.0 Å². The summed E-state index contributed by atoms with van der Waals surface area (Å²) in [6, 6.07) is 22.5. The zero-order valence-electron chi connectivity index (χ0n) is 19.2. The summed E-state index contributed by atoms with van der Waals surface area (Å²) in [5.74, 6) is 0.815. The molecule has 2 nitrogen and oxygen atoms in total. The summed E-state index contributed by atoms with van der Waals surface area (Å²) in [5.41, 5.74) is 7.95. The number of para-hydroxylation sites is 1. The lowest BCUT2D eigenvalue weighted by Crippen LogP contribution is -2.16. The fraction of sp³-hybridized carbons (Fsp3) is 0.226. The summed E-state index contributed by atoms with van der Waals surface area (Å²) < 4.78 is 8.68. The van der Waals surface area contributed by atoms with E-state index >= 15 is 0 Å². The molecule has 33 heavy (non-hydrogen) atoms. The van der Waals surface area contributed by atoms with Gasteiger partial charge < -0.3 is 4.58 Å². The van der Waals surface area contributed by atoms with Crippen LogP contribution in [0.5, 0.6) is 0 Å². The molecular weight excluding hydrogens is 402 g/mol. The number of nitrogens with zero attached hydrogens (tertiary/aromatic N) is 1. The quantitative estimate of drug-likeness (QED) is 0.180. The van der Waals surface area contributed by atoms with Gasteiger partial charge >= 0.3 is 5.58 Å². The van der Waals surface area contributed by atoms with Crippen LogP contribution in [0.3, 0.4) is 0 Å². The van der Waals surface area contributed by atoms with E-state index in [0.29, 0.717) is 0 Å². The topological polar surface area (TPSA) is 14.3 Å². The van der Waals surface area contributed by atoms with Crippen LogP contribution >= 0.6 is 0 Å². The monoisotopic (exact) mass is 431 g/mol. The Bertz CT molecular complexity index is 1410. The minimum Gasteiger partial charge on any atom is -0.336 e. The lowest BCUT2D eigenvalue weighted by Gasteiger charge is -2.27. The van der Waals surface area contributed by atoms with Crippen molar-refractivity contribution in [1.82, 2.24) is 0 Å². The molecule has 6 rings (SSSR count). The second-order valence-electron chi connectivity index (χ2n) is 9.53. The van der Waals surface area contributed by atoms with E-state index in [1.807, 2.05) is 4.58 Å². The van der Waals surface area contributed by atoms with Crippen LogP contribution in [-0.2, 0) is 0 Å². The van der Waals surface area contributed by atoms with Crippen molar-refractivity contribution in [3.8, 4) is 11.1 Å². The number of furan rings is 1. The van der Waals surface area contributed by atoms with Crippen molar-refractivity contribution in [2.75, 3.05) is 0 Å². The molecule has 0 N–H and O–H groups in total. The van der Waals surface area contributed by atoms with Gasteiger partial charge in [-0.25, -0.2) is 0 Å². The number of aryl methyl sites for hydroxylation is 1. The summed E-state index contributed by atoms with van der Waals surface area (Å²) in [4.78, 5) is 0. The maximum atomic E-state index is 6.69. The van der Waals surface area contributed by atoms with Crippen LogP contribution in [0.1, 0.15) is 43.2 Å². The summed E-state index contributed by atoms with van der Waals surface area (Å²) in [5, 5.41) is 2.31. The molecule has 1 aromatic heterocycles. The molecule has 1 aliphatic carbocycles. The van der Waals surface area contributed by atoms with Crippen molar-refractivity contribution < 1.29 is 8.99 Å². The standard InChI is InChI=1S/C31H29NO/c1-21-15-16-27-26-14-8-13-25(24-11-4-3-5-12-24)30(26)33-31(27)29(21)28-20-23(17-18-32(28)2)19-22-9-6-7-10-22/h3-5,8,11-18,20,22H,2,6-7,9-10,19H2,1H3. The van der Waals surface area contributed by atoms with Crippen LogP contribution in [0.15, 0.2) is 89.0 Å². The van der Waals surface area contributed by atoms with Crippen LogP contribution in [0.2, 0.25) is 0 Å². The van der Waals surface area contributed by atoms with Crippen molar-refractivity contribution in [2.24, 2.45) is 5.92 Å². The highest BCUT2D eigenvalue weighted by Crippen LogP contribution is 2.41. The number of allylic oxidation sites excluding steroid dienone is 2. The number of hydrogen-bond donors (Lipinski definition) is 0. The Morgan fingerprint density at radius 2 is 1.82 bits per heavy atom. The van der Waals surface area contributed by atoms with Crippen LogP contribution < -0.4 is 0 Å². The van der Waals surface area contributed by atoms with E-state index in [-0.39, 0.29) is 0 Å². The lowest BCUT2D eigenvalue weighted by atomic mass is 9.91. The molecule has 0 atom stereocenters. The van der Waals surface area contributed by atoms with Crippen LogP contribution in [0.4, 0.5) is 0 Å². The Morgan fingerprint density at radius 1 is 1.00 bits per heavy atom. The predicted molar refractivity (Wildman–Crippen MR) is 137 cm³/mol. The summed E-state index contributed by atoms with van der Waals surface area (Å²) in [7, 11) is 0. The maximum Gasteiger partial charge on any atom is 0.352 e. The van der Waals surface area contributed by atoms with Gasteiger partial charge in [0.25, 0.3) is 5.58 Å². The summed E-state index contributed by atoms with van der Waals surface area (Å²) >= 11 is 0. The van der Waals surface area contributed by atoms with Gasteiger partial charge in [0, 0.05) is 12.1 Å². The van der Waals surface area contributed by atoms with Gasteiger partial charge in [-0.1, -0.05) is 81.5 Å². The predicted octanol–water partition coefficient (Wildman–Crippen LogP) is 8.19. The normalized spacial score (nSPS) is 16.8. The van der Waals surface area contributed by atoms with Gasteiger partial charge in [0.2, 0.25) is 0 Å². The van der Waals surface area contributed by atoms with E-state index < -0.39 is 0 Å². The number of benzene rings is 3. The molecule has 0 unspecified atom stereocenters. The van der Waals surface area contributed by atoms with Crippen LogP contribution in [0, 0.1) is 18.9 Å². The van der Waals surface area contributed by atoms with E-state index in [4.69, 9.17) is 4.42 Å².